The minimum atomic E-state index is 0.215. The summed E-state index contributed by atoms with van der Waals surface area (Å²) in [4.78, 5) is 0. The average molecular weight is 309 g/mol. The van der Waals surface area contributed by atoms with Gasteiger partial charge >= 0.3 is 0 Å². The summed E-state index contributed by atoms with van der Waals surface area (Å²) in [5.41, 5.74) is 2.48. The fourth-order valence-electron chi connectivity index (χ4n) is 2.47. The maximum Gasteiger partial charge on any atom is 0.231 e. The maximum atomic E-state index is 9.14. The predicted octanol–water partition coefficient (Wildman–Crippen LogP) is 3.39. The first kappa shape index (κ1) is 14.8. The van der Waals surface area contributed by atoms with Crippen LogP contribution in [-0.2, 0) is 0 Å². The lowest BCUT2D eigenvalue weighted by molar-refractivity contribution is 0.174. The second-order valence-electron chi connectivity index (χ2n) is 4.82. The van der Waals surface area contributed by atoms with Crippen LogP contribution in [0.4, 0.5) is 0 Å². The van der Waals surface area contributed by atoms with E-state index in [1.54, 1.807) is 14.2 Å². The Balaban J connectivity index is 2.06. The molecule has 0 saturated carbocycles. The number of ether oxygens (including phenoxy) is 4. The molecule has 0 spiro atoms. The highest BCUT2D eigenvalue weighted by atomic mass is 16.7. The van der Waals surface area contributed by atoms with Crippen molar-refractivity contribution in [2.75, 3.05) is 21.0 Å². The van der Waals surface area contributed by atoms with Crippen molar-refractivity contribution in [3.05, 3.63) is 53.6 Å². The Morgan fingerprint density at radius 3 is 2.43 bits per heavy atom. The van der Waals surface area contributed by atoms with E-state index in [1.165, 1.54) is 6.08 Å². The lowest BCUT2D eigenvalue weighted by Gasteiger charge is -2.12. The largest absolute Gasteiger partial charge is 0.493 e. The highest BCUT2D eigenvalue weighted by Gasteiger charge is 2.16. The molecule has 1 heterocycles. The molecule has 0 unspecified atom stereocenters. The molecule has 0 aliphatic carbocycles. The summed E-state index contributed by atoms with van der Waals surface area (Å²) in [5, 5.41) is 9.14. The van der Waals surface area contributed by atoms with Gasteiger partial charge in [-0.15, -0.1) is 0 Å². The van der Waals surface area contributed by atoms with Crippen LogP contribution in [0.25, 0.3) is 5.57 Å². The number of benzene rings is 2. The zero-order chi connectivity index (χ0) is 16.2. The van der Waals surface area contributed by atoms with E-state index in [0.717, 1.165) is 16.7 Å². The van der Waals surface area contributed by atoms with Crippen molar-refractivity contribution < 1.29 is 18.9 Å². The Hall–Kier alpha value is -3.13. The molecule has 1 aliphatic heterocycles. The van der Waals surface area contributed by atoms with Crippen LogP contribution in [0.15, 0.2) is 42.5 Å². The van der Waals surface area contributed by atoms with Gasteiger partial charge in [0.15, 0.2) is 23.0 Å². The molecule has 2 aromatic carbocycles. The Morgan fingerprint density at radius 2 is 1.70 bits per heavy atom. The highest BCUT2D eigenvalue weighted by molar-refractivity contribution is 5.83. The van der Waals surface area contributed by atoms with Crippen molar-refractivity contribution >= 4 is 5.57 Å². The van der Waals surface area contributed by atoms with E-state index in [1.807, 2.05) is 36.4 Å². The molecule has 5 nitrogen and oxygen atoms in total. The minimum absolute atomic E-state index is 0.215. The summed E-state index contributed by atoms with van der Waals surface area (Å²) in [6.45, 7) is 0.215. The van der Waals surface area contributed by atoms with Gasteiger partial charge in [-0.3, -0.25) is 0 Å². The van der Waals surface area contributed by atoms with E-state index in [4.69, 9.17) is 24.2 Å². The van der Waals surface area contributed by atoms with E-state index >= 15 is 0 Å². The van der Waals surface area contributed by atoms with Gasteiger partial charge in [0.05, 0.1) is 20.3 Å². The van der Waals surface area contributed by atoms with E-state index in [2.05, 4.69) is 6.07 Å². The zero-order valence-electron chi connectivity index (χ0n) is 12.8. The van der Waals surface area contributed by atoms with Crippen LogP contribution in [0.3, 0.4) is 0 Å². The number of fused-ring (bicyclic) bond motifs is 1. The van der Waals surface area contributed by atoms with Crippen molar-refractivity contribution in [1.29, 1.82) is 5.26 Å². The lowest BCUT2D eigenvalue weighted by atomic mass is 9.97. The van der Waals surface area contributed by atoms with Crippen LogP contribution >= 0.6 is 0 Å². The third-order valence-electron chi connectivity index (χ3n) is 3.59. The van der Waals surface area contributed by atoms with E-state index in [9.17, 15) is 0 Å². The van der Waals surface area contributed by atoms with Gasteiger partial charge in [-0.1, -0.05) is 12.1 Å². The van der Waals surface area contributed by atoms with Gasteiger partial charge < -0.3 is 18.9 Å². The fraction of sp³-hybridized carbons (Fsp3) is 0.167. The summed E-state index contributed by atoms with van der Waals surface area (Å²) < 4.78 is 21.3. The van der Waals surface area contributed by atoms with E-state index < -0.39 is 0 Å². The lowest BCUT2D eigenvalue weighted by Crippen LogP contribution is -1.94. The van der Waals surface area contributed by atoms with Gasteiger partial charge in [-0.05, 0) is 41.0 Å². The normalized spacial score (nSPS) is 12.7. The Morgan fingerprint density at radius 1 is 1.00 bits per heavy atom. The summed E-state index contributed by atoms with van der Waals surface area (Å²) in [7, 11) is 3.16. The van der Waals surface area contributed by atoms with Crippen molar-refractivity contribution in [2.24, 2.45) is 0 Å². The first-order chi connectivity index (χ1) is 11.3. The fourth-order valence-corrected chi connectivity index (χ4v) is 2.47. The maximum absolute atomic E-state index is 9.14. The van der Waals surface area contributed by atoms with Crippen LogP contribution < -0.4 is 18.9 Å². The number of allylic oxidation sites excluding steroid dienone is 1. The van der Waals surface area contributed by atoms with Crippen LogP contribution in [0.5, 0.6) is 23.0 Å². The third kappa shape index (κ3) is 2.79. The molecule has 1 aliphatic rings. The quantitative estimate of drug-likeness (QED) is 0.810. The van der Waals surface area contributed by atoms with Gasteiger partial charge in [0, 0.05) is 6.08 Å². The molecular weight excluding hydrogens is 294 g/mol. The first-order valence-electron chi connectivity index (χ1n) is 6.99. The molecule has 5 heteroatoms. The molecule has 0 aromatic heterocycles. The molecule has 0 amide bonds. The SMILES string of the molecule is COc1ccc(C(=CC#N)c2ccc3c(c2)OCO3)cc1OC. The first-order valence-corrected chi connectivity index (χ1v) is 6.99. The van der Waals surface area contributed by atoms with Gasteiger partial charge in [0.1, 0.15) is 0 Å². The Kier molecular flexibility index (Phi) is 4.07. The molecule has 3 rings (SSSR count). The molecule has 0 saturated heterocycles. The van der Waals surface area contributed by atoms with Crippen molar-refractivity contribution in [3.8, 4) is 29.1 Å². The number of methoxy groups -OCH3 is 2. The molecule has 0 atom stereocenters. The summed E-state index contributed by atoms with van der Waals surface area (Å²) in [6, 6.07) is 13.2. The Labute approximate surface area is 134 Å². The van der Waals surface area contributed by atoms with Gasteiger partial charge in [0.25, 0.3) is 0 Å². The molecule has 116 valence electrons. The van der Waals surface area contributed by atoms with Crippen LogP contribution in [-0.4, -0.2) is 21.0 Å². The molecule has 23 heavy (non-hydrogen) atoms. The van der Waals surface area contributed by atoms with Gasteiger partial charge in [-0.2, -0.15) is 5.26 Å². The molecular formula is C18H15NO4. The molecule has 0 bridgehead atoms. The standard InChI is InChI=1S/C18H15NO4/c1-20-15-5-3-12(9-17(15)21-2)14(7-8-19)13-4-6-16-18(10-13)23-11-22-16/h3-7,9-10H,11H2,1-2H3. The number of nitriles is 1. The van der Waals surface area contributed by atoms with E-state index in [0.29, 0.717) is 23.0 Å². The predicted molar refractivity (Wildman–Crippen MR) is 84.8 cm³/mol. The number of rotatable bonds is 4. The average Bonchev–Trinajstić information content (AvgIpc) is 3.06. The molecule has 0 radical (unpaired) electrons. The Bertz CT molecular complexity index is 805. The zero-order valence-corrected chi connectivity index (χ0v) is 12.8. The monoisotopic (exact) mass is 309 g/mol. The second kappa shape index (κ2) is 6.32. The molecule has 0 fully saturated rings. The van der Waals surface area contributed by atoms with Crippen molar-refractivity contribution in [1.82, 2.24) is 0 Å². The minimum Gasteiger partial charge on any atom is -0.493 e. The van der Waals surface area contributed by atoms with E-state index in [-0.39, 0.29) is 6.79 Å². The highest BCUT2D eigenvalue weighted by Crippen LogP contribution is 2.37. The van der Waals surface area contributed by atoms with Crippen LogP contribution in [0.1, 0.15) is 11.1 Å². The topological polar surface area (TPSA) is 60.7 Å². The number of hydrogen-bond acceptors (Lipinski definition) is 5. The smallest absolute Gasteiger partial charge is 0.231 e. The van der Waals surface area contributed by atoms with Gasteiger partial charge in [0.2, 0.25) is 6.79 Å². The summed E-state index contributed by atoms with van der Waals surface area (Å²) in [6.07, 6.45) is 1.50. The number of hydrogen-bond donors (Lipinski definition) is 0. The van der Waals surface area contributed by atoms with Gasteiger partial charge in [-0.25, -0.2) is 0 Å². The number of nitrogens with zero attached hydrogens (tertiary/aromatic N) is 1. The van der Waals surface area contributed by atoms with Crippen molar-refractivity contribution in [2.45, 2.75) is 0 Å². The van der Waals surface area contributed by atoms with Crippen LogP contribution in [0.2, 0.25) is 0 Å². The molecule has 0 N–H and O–H groups in total. The summed E-state index contributed by atoms with van der Waals surface area (Å²) in [5.74, 6) is 2.62. The van der Waals surface area contributed by atoms with Crippen molar-refractivity contribution in [3.63, 3.8) is 0 Å². The second-order valence-corrected chi connectivity index (χ2v) is 4.82. The summed E-state index contributed by atoms with van der Waals surface area (Å²) >= 11 is 0. The molecule has 2 aromatic rings. The van der Waals surface area contributed by atoms with Crippen LogP contribution in [0, 0.1) is 11.3 Å². The third-order valence-corrected chi connectivity index (χ3v) is 3.59.